The molecule has 0 aliphatic carbocycles. The molecule has 0 saturated heterocycles. The largest absolute Gasteiger partial charge is 0.398 e. The minimum absolute atomic E-state index is 0.169. The van der Waals surface area contributed by atoms with Gasteiger partial charge in [0.25, 0.3) is 0 Å². The number of sulfonamides is 1. The quantitative estimate of drug-likeness (QED) is 0.719. The smallest absolute Gasteiger partial charge is 0.241 e. The Balaban J connectivity index is 2.29. The van der Waals surface area contributed by atoms with Crippen LogP contribution < -0.4 is 10.5 Å². The second-order valence-corrected chi connectivity index (χ2v) is 7.97. The second-order valence-electron chi connectivity index (χ2n) is 4.55. The monoisotopic (exact) mass is 432 g/mol. The van der Waals surface area contributed by atoms with Gasteiger partial charge in [-0.2, -0.15) is 0 Å². The molecule has 2 aromatic carbocycles. The summed E-state index contributed by atoms with van der Waals surface area (Å²) in [4.78, 5) is 0.169. The van der Waals surface area contributed by atoms with Crippen molar-refractivity contribution in [2.45, 2.75) is 17.9 Å². The van der Waals surface area contributed by atoms with Crippen LogP contribution in [0.15, 0.2) is 56.3 Å². The Bertz CT molecular complexity index is 763. The van der Waals surface area contributed by atoms with Crippen molar-refractivity contribution in [3.05, 3.63) is 57.0 Å². The van der Waals surface area contributed by atoms with Crippen LogP contribution in [-0.4, -0.2) is 8.42 Å². The lowest BCUT2D eigenvalue weighted by molar-refractivity contribution is 0.566. The molecule has 21 heavy (non-hydrogen) atoms. The molecule has 0 aliphatic heterocycles. The minimum atomic E-state index is -3.62. The molecule has 0 fully saturated rings. The van der Waals surface area contributed by atoms with Crippen LogP contribution in [0.3, 0.4) is 0 Å². The molecule has 112 valence electrons. The number of nitrogens with one attached hydrogen (secondary N) is 1. The predicted octanol–water partition coefficient (Wildman–Crippen LogP) is 3.83. The van der Waals surface area contributed by atoms with E-state index < -0.39 is 10.0 Å². The number of hydrogen-bond donors (Lipinski definition) is 2. The first kappa shape index (κ1) is 16.5. The van der Waals surface area contributed by atoms with Crippen LogP contribution in [0.2, 0.25) is 0 Å². The van der Waals surface area contributed by atoms with Crippen LogP contribution in [0, 0.1) is 0 Å². The van der Waals surface area contributed by atoms with Crippen molar-refractivity contribution >= 4 is 47.6 Å². The third-order valence-corrected chi connectivity index (χ3v) is 5.93. The van der Waals surface area contributed by atoms with E-state index in [1.54, 1.807) is 13.0 Å². The Hall–Kier alpha value is -0.890. The average Bonchev–Trinajstić information content (AvgIpc) is 2.41. The lowest BCUT2D eigenvalue weighted by Crippen LogP contribution is -2.27. The maximum Gasteiger partial charge on any atom is 0.241 e. The molecule has 0 spiro atoms. The van der Waals surface area contributed by atoms with E-state index in [4.69, 9.17) is 5.73 Å². The molecule has 4 nitrogen and oxygen atoms in total. The summed E-state index contributed by atoms with van der Waals surface area (Å²) in [5.41, 5.74) is 7.04. The van der Waals surface area contributed by atoms with Crippen LogP contribution in [0.1, 0.15) is 18.5 Å². The maximum absolute atomic E-state index is 12.4. The van der Waals surface area contributed by atoms with E-state index in [-0.39, 0.29) is 10.9 Å². The molecule has 7 heteroatoms. The Morgan fingerprint density at radius 2 is 1.76 bits per heavy atom. The molecule has 3 N–H and O–H groups in total. The topological polar surface area (TPSA) is 72.2 Å². The van der Waals surface area contributed by atoms with E-state index in [1.807, 2.05) is 24.3 Å². The number of nitrogens with two attached hydrogens (primary N) is 1. The lowest BCUT2D eigenvalue weighted by atomic mass is 10.1. The van der Waals surface area contributed by atoms with Gasteiger partial charge in [-0.05, 0) is 52.7 Å². The lowest BCUT2D eigenvalue weighted by Gasteiger charge is -2.16. The van der Waals surface area contributed by atoms with Gasteiger partial charge >= 0.3 is 0 Å². The molecule has 0 amide bonds. The SMILES string of the molecule is CC(NS(=O)(=O)c1ccc(N)c(Br)c1)c1ccccc1Br. The van der Waals surface area contributed by atoms with E-state index in [2.05, 4.69) is 36.6 Å². The van der Waals surface area contributed by atoms with Crippen molar-refractivity contribution in [2.24, 2.45) is 0 Å². The fourth-order valence-corrected chi connectivity index (χ4v) is 4.27. The molecule has 0 saturated carbocycles. The van der Waals surface area contributed by atoms with Crippen LogP contribution in [0.5, 0.6) is 0 Å². The highest BCUT2D eigenvalue weighted by Gasteiger charge is 2.20. The number of halogens is 2. The fraction of sp³-hybridized carbons (Fsp3) is 0.143. The first-order valence-corrected chi connectivity index (χ1v) is 9.20. The van der Waals surface area contributed by atoms with Crippen LogP contribution in [0.4, 0.5) is 5.69 Å². The van der Waals surface area contributed by atoms with E-state index in [0.717, 1.165) is 10.0 Å². The summed E-state index contributed by atoms with van der Waals surface area (Å²) in [6.45, 7) is 1.80. The average molecular weight is 434 g/mol. The van der Waals surface area contributed by atoms with Crippen molar-refractivity contribution in [1.82, 2.24) is 4.72 Å². The summed E-state index contributed by atoms with van der Waals surface area (Å²) >= 11 is 6.66. The van der Waals surface area contributed by atoms with Crippen molar-refractivity contribution in [2.75, 3.05) is 5.73 Å². The second kappa shape index (κ2) is 6.48. The van der Waals surface area contributed by atoms with Gasteiger partial charge in [0.2, 0.25) is 10.0 Å². The van der Waals surface area contributed by atoms with Gasteiger partial charge in [-0.1, -0.05) is 34.1 Å². The molecule has 0 radical (unpaired) electrons. The molecule has 1 atom stereocenters. The van der Waals surface area contributed by atoms with E-state index in [9.17, 15) is 8.42 Å². The summed E-state index contributed by atoms with van der Waals surface area (Å²) in [6, 6.07) is 11.7. The Morgan fingerprint density at radius 3 is 2.38 bits per heavy atom. The molecule has 2 rings (SSSR count). The molecule has 0 bridgehead atoms. The maximum atomic E-state index is 12.4. The van der Waals surface area contributed by atoms with E-state index in [0.29, 0.717) is 10.2 Å². The number of rotatable bonds is 4. The van der Waals surface area contributed by atoms with Gasteiger partial charge in [0.1, 0.15) is 0 Å². The zero-order valence-corrected chi connectivity index (χ0v) is 15.2. The minimum Gasteiger partial charge on any atom is -0.398 e. The summed E-state index contributed by atoms with van der Waals surface area (Å²) in [5, 5.41) is 0. The highest BCUT2D eigenvalue weighted by Crippen LogP contribution is 2.26. The van der Waals surface area contributed by atoms with Gasteiger partial charge in [-0.3, -0.25) is 0 Å². The molecular weight excluding hydrogens is 420 g/mol. The van der Waals surface area contributed by atoms with Crippen LogP contribution in [-0.2, 0) is 10.0 Å². The van der Waals surface area contributed by atoms with Crippen molar-refractivity contribution in [3.8, 4) is 0 Å². The van der Waals surface area contributed by atoms with Gasteiger partial charge in [-0.25, -0.2) is 13.1 Å². The first-order valence-electron chi connectivity index (χ1n) is 6.13. The standard InChI is InChI=1S/C14H14Br2N2O2S/c1-9(11-4-2-3-5-12(11)15)18-21(19,20)10-6-7-14(17)13(16)8-10/h2-9,18H,17H2,1H3. The number of anilines is 1. The normalized spacial score (nSPS) is 13.1. The fourth-order valence-electron chi connectivity index (χ4n) is 1.87. The molecule has 0 heterocycles. The van der Waals surface area contributed by atoms with Crippen LogP contribution >= 0.6 is 31.9 Å². The van der Waals surface area contributed by atoms with Crippen LogP contribution in [0.25, 0.3) is 0 Å². The van der Waals surface area contributed by atoms with Crippen molar-refractivity contribution < 1.29 is 8.42 Å². The highest BCUT2D eigenvalue weighted by molar-refractivity contribution is 9.10. The van der Waals surface area contributed by atoms with Gasteiger partial charge in [-0.15, -0.1) is 0 Å². The third-order valence-electron chi connectivity index (χ3n) is 2.99. The Kier molecular flexibility index (Phi) is 5.08. The van der Waals surface area contributed by atoms with Gasteiger partial charge in [0, 0.05) is 20.7 Å². The summed E-state index contributed by atoms with van der Waals surface area (Å²) in [6.07, 6.45) is 0. The zero-order chi connectivity index (χ0) is 15.6. The van der Waals surface area contributed by atoms with Crippen molar-refractivity contribution in [1.29, 1.82) is 0 Å². The molecule has 2 aromatic rings. The highest BCUT2D eigenvalue weighted by atomic mass is 79.9. The summed E-state index contributed by atoms with van der Waals surface area (Å²) in [5.74, 6) is 0. The number of hydrogen-bond acceptors (Lipinski definition) is 3. The third kappa shape index (κ3) is 3.85. The van der Waals surface area contributed by atoms with Gasteiger partial charge in [0.15, 0.2) is 0 Å². The summed E-state index contributed by atoms with van der Waals surface area (Å²) < 4.78 is 28.9. The first-order chi connectivity index (χ1) is 9.81. The Labute approximate surface area is 141 Å². The number of nitrogen functional groups attached to an aromatic ring is 1. The molecular formula is C14H14Br2N2O2S. The predicted molar refractivity (Wildman–Crippen MR) is 91.4 cm³/mol. The van der Waals surface area contributed by atoms with Gasteiger partial charge in [0.05, 0.1) is 4.90 Å². The summed E-state index contributed by atoms with van der Waals surface area (Å²) in [7, 11) is -3.62. The zero-order valence-electron chi connectivity index (χ0n) is 11.2. The van der Waals surface area contributed by atoms with E-state index in [1.165, 1.54) is 12.1 Å². The van der Waals surface area contributed by atoms with Gasteiger partial charge < -0.3 is 5.73 Å². The molecule has 0 aromatic heterocycles. The Morgan fingerprint density at radius 1 is 1.10 bits per heavy atom. The molecule has 1 unspecified atom stereocenters. The van der Waals surface area contributed by atoms with Crippen molar-refractivity contribution in [3.63, 3.8) is 0 Å². The number of benzene rings is 2. The van der Waals surface area contributed by atoms with E-state index >= 15 is 0 Å². The molecule has 0 aliphatic rings.